The lowest BCUT2D eigenvalue weighted by molar-refractivity contribution is 0.0953. The molecule has 1 rings (SSSR count). The Morgan fingerprint density at radius 1 is 1.73 bits per heavy atom. The SMILES string of the molecule is Cc1[nH]ccc1C(=O)NN.Cl. The molecule has 62 valence electrons. The molecule has 1 heterocycles. The van der Waals surface area contributed by atoms with Gasteiger partial charge in [-0.3, -0.25) is 10.2 Å². The highest BCUT2D eigenvalue weighted by Crippen LogP contribution is 2.02. The fourth-order valence-electron chi connectivity index (χ4n) is 0.776. The van der Waals surface area contributed by atoms with Gasteiger partial charge < -0.3 is 4.98 Å². The summed E-state index contributed by atoms with van der Waals surface area (Å²) in [6.45, 7) is 1.81. The number of hydrogen-bond acceptors (Lipinski definition) is 2. The molecular formula is C6H10ClN3O. The highest BCUT2D eigenvalue weighted by atomic mass is 35.5. The maximum absolute atomic E-state index is 10.8. The van der Waals surface area contributed by atoms with Crippen LogP contribution in [-0.2, 0) is 0 Å². The largest absolute Gasteiger partial charge is 0.365 e. The minimum atomic E-state index is -0.265. The van der Waals surface area contributed by atoms with Gasteiger partial charge in [-0.05, 0) is 13.0 Å². The number of rotatable bonds is 1. The second-order valence-corrected chi connectivity index (χ2v) is 1.99. The Balaban J connectivity index is 0.000001000. The standard InChI is InChI=1S/C6H9N3O.ClH/c1-4-5(2-3-8-4)6(10)9-7;/h2-3,8H,7H2,1H3,(H,9,10);1H. The van der Waals surface area contributed by atoms with Crippen molar-refractivity contribution in [3.05, 3.63) is 23.5 Å². The predicted molar refractivity (Wildman–Crippen MR) is 44.4 cm³/mol. The number of aromatic nitrogens is 1. The minimum absolute atomic E-state index is 0. The van der Waals surface area contributed by atoms with Crippen LogP contribution in [0.5, 0.6) is 0 Å². The van der Waals surface area contributed by atoms with E-state index in [9.17, 15) is 4.79 Å². The van der Waals surface area contributed by atoms with Gasteiger partial charge in [0.1, 0.15) is 0 Å². The van der Waals surface area contributed by atoms with E-state index in [1.165, 1.54) is 0 Å². The van der Waals surface area contributed by atoms with Crippen LogP contribution in [0, 0.1) is 6.92 Å². The van der Waals surface area contributed by atoms with Gasteiger partial charge in [0.05, 0.1) is 5.56 Å². The maximum Gasteiger partial charge on any atom is 0.266 e. The second kappa shape index (κ2) is 4.00. The Morgan fingerprint density at radius 2 is 2.36 bits per heavy atom. The van der Waals surface area contributed by atoms with Crippen molar-refractivity contribution in [2.45, 2.75) is 6.92 Å². The minimum Gasteiger partial charge on any atom is -0.365 e. The van der Waals surface area contributed by atoms with Crippen molar-refractivity contribution < 1.29 is 4.79 Å². The van der Waals surface area contributed by atoms with E-state index in [1.807, 2.05) is 12.3 Å². The van der Waals surface area contributed by atoms with Gasteiger partial charge in [0.2, 0.25) is 0 Å². The molecule has 5 heteroatoms. The third kappa shape index (κ3) is 1.96. The van der Waals surface area contributed by atoms with Crippen LogP contribution in [0.4, 0.5) is 0 Å². The van der Waals surface area contributed by atoms with Gasteiger partial charge in [-0.25, -0.2) is 5.84 Å². The van der Waals surface area contributed by atoms with E-state index in [2.05, 4.69) is 4.98 Å². The first-order valence-electron chi connectivity index (χ1n) is 2.90. The number of nitrogens with one attached hydrogen (secondary N) is 2. The van der Waals surface area contributed by atoms with Gasteiger partial charge in [0.15, 0.2) is 0 Å². The lowest BCUT2D eigenvalue weighted by atomic mass is 10.2. The molecule has 4 nitrogen and oxygen atoms in total. The molecule has 0 spiro atoms. The number of aryl methyl sites for hydroxylation is 1. The second-order valence-electron chi connectivity index (χ2n) is 1.99. The number of halogens is 1. The number of amides is 1. The number of nitrogen functional groups attached to an aromatic ring is 1. The summed E-state index contributed by atoms with van der Waals surface area (Å²) in [4.78, 5) is 13.7. The number of nitrogens with two attached hydrogens (primary N) is 1. The molecule has 0 aromatic carbocycles. The van der Waals surface area contributed by atoms with Gasteiger partial charge in [0.25, 0.3) is 5.91 Å². The first kappa shape index (κ1) is 10.0. The molecular weight excluding hydrogens is 166 g/mol. The highest BCUT2D eigenvalue weighted by Gasteiger charge is 2.05. The lowest BCUT2D eigenvalue weighted by Gasteiger charge is -1.95. The van der Waals surface area contributed by atoms with Crippen molar-refractivity contribution in [1.82, 2.24) is 10.4 Å². The normalized spacial score (nSPS) is 8.55. The van der Waals surface area contributed by atoms with E-state index in [0.717, 1.165) is 5.69 Å². The fourth-order valence-corrected chi connectivity index (χ4v) is 0.776. The van der Waals surface area contributed by atoms with Crippen LogP contribution >= 0.6 is 12.4 Å². The Labute approximate surface area is 70.5 Å². The van der Waals surface area contributed by atoms with E-state index in [-0.39, 0.29) is 18.3 Å². The molecule has 0 unspecified atom stereocenters. The zero-order valence-corrected chi connectivity index (χ0v) is 6.87. The maximum atomic E-state index is 10.8. The highest BCUT2D eigenvalue weighted by molar-refractivity contribution is 5.94. The molecule has 1 aromatic rings. The first-order chi connectivity index (χ1) is 4.75. The van der Waals surface area contributed by atoms with Crippen LogP contribution < -0.4 is 11.3 Å². The third-order valence-corrected chi connectivity index (χ3v) is 1.33. The van der Waals surface area contributed by atoms with Crippen LogP contribution in [0.25, 0.3) is 0 Å². The summed E-state index contributed by atoms with van der Waals surface area (Å²) in [7, 11) is 0. The van der Waals surface area contributed by atoms with Crippen LogP contribution in [0.2, 0.25) is 0 Å². The van der Waals surface area contributed by atoms with E-state index < -0.39 is 0 Å². The van der Waals surface area contributed by atoms with E-state index in [0.29, 0.717) is 5.56 Å². The Bertz CT molecular complexity index is 246. The summed E-state index contributed by atoms with van der Waals surface area (Å²) in [6, 6.07) is 1.68. The number of carbonyl (C=O) groups is 1. The number of aromatic amines is 1. The topological polar surface area (TPSA) is 70.9 Å². The number of hydrazine groups is 1. The fraction of sp³-hybridized carbons (Fsp3) is 0.167. The van der Waals surface area contributed by atoms with Gasteiger partial charge in [-0.1, -0.05) is 0 Å². The van der Waals surface area contributed by atoms with Crippen molar-refractivity contribution >= 4 is 18.3 Å². The quantitative estimate of drug-likeness (QED) is 0.328. The average molecular weight is 176 g/mol. The van der Waals surface area contributed by atoms with E-state index in [1.54, 1.807) is 12.3 Å². The smallest absolute Gasteiger partial charge is 0.266 e. The number of hydrogen-bond donors (Lipinski definition) is 3. The summed E-state index contributed by atoms with van der Waals surface area (Å²) >= 11 is 0. The van der Waals surface area contributed by atoms with Crippen LogP contribution in [-0.4, -0.2) is 10.9 Å². The number of H-pyrrole nitrogens is 1. The zero-order valence-electron chi connectivity index (χ0n) is 6.05. The predicted octanol–water partition coefficient (Wildman–Crippen LogP) is 0.348. The molecule has 0 saturated heterocycles. The summed E-state index contributed by atoms with van der Waals surface area (Å²) in [5.41, 5.74) is 3.46. The van der Waals surface area contributed by atoms with Crippen LogP contribution in [0.3, 0.4) is 0 Å². The molecule has 0 fully saturated rings. The summed E-state index contributed by atoms with van der Waals surface area (Å²) in [5, 5.41) is 0. The van der Waals surface area contributed by atoms with Crippen molar-refractivity contribution in [2.24, 2.45) is 5.84 Å². The Hall–Kier alpha value is -1.00. The average Bonchev–Trinajstić information content (AvgIpc) is 2.34. The molecule has 0 radical (unpaired) electrons. The molecule has 0 aliphatic carbocycles. The molecule has 11 heavy (non-hydrogen) atoms. The van der Waals surface area contributed by atoms with Crippen LogP contribution in [0.15, 0.2) is 12.3 Å². The molecule has 0 bridgehead atoms. The number of carbonyl (C=O) groups excluding carboxylic acids is 1. The van der Waals surface area contributed by atoms with Crippen molar-refractivity contribution in [3.8, 4) is 0 Å². The zero-order chi connectivity index (χ0) is 7.56. The summed E-state index contributed by atoms with van der Waals surface area (Å²) in [6.07, 6.45) is 1.69. The molecule has 1 amide bonds. The van der Waals surface area contributed by atoms with Gasteiger partial charge in [-0.15, -0.1) is 12.4 Å². The lowest BCUT2D eigenvalue weighted by Crippen LogP contribution is -2.30. The Morgan fingerprint density at radius 3 is 2.73 bits per heavy atom. The summed E-state index contributed by atoms with van der Waals surface area (Å²) in [5.74, 6) is 4.65. The van der Waals surface area contributed by atoms with Gasteiger partial charge >= 0.3 is 0 Å². The molecule has 0 atom stereocenters. The third-order valence-electron chi connectivity index (χ3n) is 1.33. The molecule has 0 aliphatic heterocycles. The molecule has 4 N–H and O–H groups in total. The molecule has 0 saturated carbocycles. The monoisotopic (exact) mass is 175 g/mol. The van der Waals surface area contributed by atoms with E-state index in [4.69, 9.17) is 5.84 Å². The molecule has 0 aliphatic rings. The van der Waals surface area contributed by atoms with E-state index >= 15 is 0 Å². The molecule has 1 aromatic heterocycles. The van der Waals surface area contributed by atoms with Crippen molar-refractivity contribution in [1.29, 1.82) is 0 Å². The van der Waals surface area contributed by atoms with Crippen molar-refractivity contribution in [3.63, 3.8) is 0 Å². The summed E-state index contributed by atoms with van der Waals surface area (Å²) < 4.78 is 0. The van der Waals surface area contributed by atoms with Gasteiger partial charge in [0, 0.05) is 11.9 Å². The van der Waals surface area contributed by atoms with Crippen LogP contribution in [0.1, 0.15) is 16.1 Å². The Kier molecular flexibility index (Phi) is 3.64. The van der Waals surface area contributed by atoms with Gasteiger partial charge in [-0.2, -0.15) is 0 Å². The van der Waals surface area contributed by atoms with Crippen molar-refractivity contribution in [2.75, 3.05) is 0 Å². The first-order valence-corrected chi connectivity index (χ1v) is 2.90.